The molecule has 28 heavy (non-hydrogen) atoms. The van der Waals surface area contributed by atoms with E-state index in [2.05, 4.69) is 9.88 Å². The monoisotopic (exact) mass is 378 g/mol. The topological polar surface area (TPSA) is 80.6 Å². The first-order valence-corrected chi connectivity index (χ1v) is 9.30. The zero-order chi connectivity index (χ0) is 19.6. The minimum Gasteiger partial charge on any atom is -0.481 e. The van der Waals surface area contributed by atoms with Gasteiger partial charge in [-0.1, -0.05) is 48.5 Å². The average molecular weight is 378 g/mol. The number of hydrogen-bond acceptors (Lipinski definition) is 3. The third-order valence-corrected chi connectivity index (χ3v) is 5.20. The second-order valence-corrected chi connectivity index (χ2v) is 7.28. The molecule has 6 heteroatoms. The summed E-state index contributed by atoms with van der Waals surface area (Å²) in [5.41, 5.74) is 1.79. The molecule has 144 valence electrons. The minimum atomic E-state index is -0.947. The molecule has 0 spiro atoms. The molecule has 1 aliphatic rings. The molecule has 2 heterocycles. The van der Waals surface area contributed by atoms with Crippen LogP contribution in [-0.4, -0.2) is 40.3 Å². The zero-order valence-electron chi connectivity index (χ0n) is 15.4. The lowest BCUT2D eigenvalue weighted by Crippen LogP contribution is -2.50. The molecule has 0 saturated carbocycles. The van der Waals surface area contributed by atoms with Gasteiger partial charge in [0.05, 0.1) is 24.1 Å². The average Bonchev–Trinajstić information content (AvgIpc) is 3.27. The van der Waals surface area contributed by atoms with Crippen molar-refractivity contribution < 1.29 is 19.4 Å². The Bertz CT molecular complexity index is 1000. The van der Waals surface area contributed by atoms with E-state index in [1.807, 2.05) is 60.8 Å². The van der Waals surface area contributed by atoms with Crippen molar-refractivity contribution in [2.45, 2.75) is 24.9 Å². The lowest BCUT2D eigenvalue weighted by atomic mass is 9.93. The van der Waals surface area contributed by atoms with Crippen molar-refractivity contribution in [3.05, 3.63) is 71.9 Å². The number of para-hydroxylation sites is 1. The number of carbonyl (C=O) groups is 2. The molecule has 1 unspecified atom stereocenters. The molecule has 1 aliphatic heterocycles. The van der Waals surface area contributed by atoms with Crippen molar-refractivity contribution in [2.75, 3.05) is 13.2 Å². The number of fused-ring (bicyclic) bond motifs is 1. The summed E-state index contributed by atoms with van der Waals surface area (Å²) in [7, 11) is 0. The van der Waals surface area contributed by atoms with Crippen molar-refractivity contribution in [3.8, 4) is 0 Å². The number of nitrogens with one attached hydrogen (secondary N) is 1. The fourth-order valence-corrected chi connectivity index (χ4v) is 3.83. The van der Waals surface area contributed by atoms with Crippen LogP contribution in [0.2, 0.25) is 0 Å². The summed E-state index contributed by atoms with van der Waals surface area (Å²) in [5.74, 6) is -1.22. The maximum Gasteiger partial charge on any atom is 0.305 e. The molecule has 1 fully saturated rings. The predicted molar refractivity (Wildman–Crippen MR) is 105 cm³/mol. The van der Waals surface area contributed by atoms with Gasteiger partial charge in [-0.25, -0.2) is 0 Å². The highest BCUT2D eigenvalue weighted by molar-refractivity contribution is 6.07. The van der Waals surface area contributed by atoms with Gasteiger partial charge in [-0.15, -0.1) is 0 Å². The number of hydrogen-bond donors (Lipinski definition) is 2. The molecule has 1 atom stereocenters. The summed E-state index contributed by atoms with van der Waals surface area (Å²) < 4.78 is 7.44. The molecule has 3 aromatic rings. The Morgan fingerprint density at radius 3 is 2.57 bits per heavy atom. The lowest BCUT2D eigenvalue weighted by molar-refractivity contribution is -0.138. The van der Waals surface area contributed by atoms with Crippen molar-refractivity contribution in [1.82, 2.24) is 9.88 Å². The highest BCUT2D eigenvalue weighted by Gasteiger charge is 2.39. The molecule has 1 amide bonds. The van der Waals surface area contributed by atoms with Crippen LogP contribution in [0.4, 0.5) is 0 Å². The first kappa shape index (κ1) is 18.3. The van der Waals surface area contributed by atoms with Crippen LogP contribution >= 0.6 is 0 Å². The van der Waals surface area contributed by atoms with Crippen LogP contribution in [-0.2, 0) is 16.1 Å². The van der Waals surface area contributed by atoms with E-state index in [1.54, 1.807) is 0 Å². The van der Waals surface area contributed by atoms with Crippen LogP contribution in [0.1, 0.15) is 28.8 Å². The summed E-state index contributed by atoms with van der Waals surface area (Å²) in [6.07, 6.45) is 2.19. The van der Waals surface area contributed by atoms with E-state index < -0.39 is 11.5 Å². The number of nitrogens with zero attached hydrogens (tertiary/aromatic N) is 1. The van der Waals surface area contributed by atoms with Gasteiger partial charge in [0.15, 0.2) is 0 Å². The van der Waals surface area contributed by atoms with Gasteiger partial charge < -0.3 is 19.7 Å². The molecule has 1 saturated heterocycles. The SMILES string of the molecule is O=C(O)CC1(NC(=O)c2cn(Cc3ccccc3)c3ccccc23)CCOC1. The van der Waals surface area contributed by atoms with E-state index >= 15 is 0 Å². The van der Waals surface area contributed by atoms with Crippen molar-refractivity contribution in [1.29, 1.82) is 0 Å². The Morgan fingerprint density at radius 2 is 1.86 bits per heavy atom. The second-order valence-electron chi connectivity index (χ2n) is 7.28. The van der Waals surface area contributed by atoms with Gasteiger partial charge in [-0.3, -0.25) is 9.59 Å². The number of aromatic nitrogens is 1. The number of ether oxygens (including phenoxy) is 1. The summed E-state index contributed by atoms with van der Waals surface area (Å²) in [5, 5.41) is 13.1. The van der Waals surface area contributed by atoms with E-state index in [9.17, 15) is 14.7 Å². The molecule has 4 rings (SSSR count). The normalized spacial score (nSPS) is 19.0. The first-order valence-electron chi connectivity index (χ1n) is 9.30. The Kier molecular flexibility index (Phi) is 4.88. The Hall–Kier alpha value is -3.12. The van der Waals surface area contributed by atoms with Crippen LogP contribution in [0.25, 0.3) is 10.9 Å². The standard InChI is InChI=1S/C22H22N2O4/c25-20(26)12-22(10-11-28-15-22)23-21(27)18-14-24(13-16-6-2-1-3-7-16)19-9-5-4-8-17(18)19/h1-9,14H,10-13,15H2,(H,23,27)(H,25,26). The third kappa shape index (κ3) is 3.64. The van der Waals surface area contributed by atoms with Gasteiger partial charge in [0.25, 0.3) is 5.91 Å². The molecular formula is C22H22N2O4. The maximum atomic E-state index is 13.1. The van der Waals surface area contributed by atoms with Crippen LogP contribution in [0, 0.1) is 0 Å². The van der Waals surface area contributed by atoms with E-state index in [-0.39, 0.29) is 18.9 Å². The number of amides is 1. The lowest BCUT2D eigenvalue weighted by Gasteiger charge is -2.26. The number of aliphatic carboxylic acids is 1. The van der Waals surface area contributed by atoms with Gasteiger partial charge >= 0.3 is 5.97 Å². The van der Waals surface area contributed by atoms with Gasteiger partial charge in [0, 0.05) is 30.3 Å². The van der Waals surface area contributed by atoms with Crippen molar-refractivity contribution in [3.63, 3.8) is 0 Å². The summed E-state index contributed by atoms with van der Waals surface area (Å²) >= 11 is 0. The summed E-state index contributed by atoms with van der Waals surface area (Å²) in [6.45, 7) is 1.31. The first-order chi connectivity index (χ1) is 13.6. The largest absolute Gasteiger partial charge is 0.481 e. The Labute approximate surface area is 162 Å². The smallest absolute Gasteiger partial charge is 0.305 e. The highest BCUT2D eigenvalue weighted by Crippen LogP contribution is 2.26. The van der Waals surface area contributed by atoms with Gasteiger partial charge in [-0.2, -0.15) is 0 Å². The summed E-state index contributed by atoms with van der Waals surface area (Å²) in [6, 6.07) is 17.8. The molecule has 6 nitrogen and oxygen atoms in total. The quantitative estimate of drug-likeness (QED) is 0.691. The van der Waals surface area contributed by atoms with Crippen LogP contribution in [0.5, 0.6) is 0 Å². The number of carbonyl (C=O) groups excluding carboxylic acids is 1. The molecule has 2 aromatic carbocycles. The number of rotatable bonds is 6. The van der Waals surface area contributed by atoms with E-state index in [0.29, 0.717) is 25.1 Å². The Balaban J connectivity index is 1.66. The van der Waals surface area contributed by atoms with Crippen molar-refractivity contribution >= 4 is 22.8 Å². The van der Waals surface area contributed by atoms with Gasteiger partial charge in [0.2, 0.25) is 0 Å². The highest BCUT2D eigenvalue weighted by atomic mass is 16.5. The zero-order valence-corrected chi connectivity index (χ0v) is 15.4. The maximum absolute atomic E-state index is 13.1. The van der Waals surface area contributed by atoms with Crippen molar-refractivity contribution in [2.24, 2.45) is 0 Å². The minimum absolute atomic E-state index is 0.151. The molecule has 0 radical (unpaired) electrons. The van der Waals surface area contributed by atoms with Gasteiger partial charge in [-0.05, 0) is 18.1 Å². The third-order valence-electron chi connectivity index (χ3n) is 5.20. The van der Waals surface area contributed by atoms with Crippen LogP contribution in [0.3, 0.4) is 0 Å². The molecule has 0 aliphatic carbocycles. The molecule has 0 bridgehead atoms. The van der Waals surface area contributed by atoms with E-state index in [4.69, 9.17) is 4.74 Å². The number of carboxylic acid groups (broad SMARTS) is 1. The van der Waals surface area contributed by atoms with Gasteiger partial charge in [0.1, 0.15) is 0 Å². The van der Waals surface area contributed by atoms with Crippen LogP contribution in [0.15, 0.2) is 60.8 Å². The number of carboxylic acids is 1. The molecule has 2 N–H and O–H groups in total. The second kappa shape index (κ2) is 7.48. The summed E-state index contributed by atoms with van der Waals surface area (Å²) in [4.78, 5) is 24.4. The molecular weight excluding hydrogens is 356 g/mol. The van der Waals surface area contributed by atoms with E-state index in [0.717, 1.165) is 16.5 Å². The Morgan fingerprint density at radius 1 is 1.11 bits per heavy atom. The number of benzene rings is 2. The predicted octanol–water partition coefficient (Wildman–Crippen LogP) is 3.05. The van der Waals surface area contributed by atoms with E-state index in [1.165, 1.54) is 0 Å². The fourth-order valence-electron chi connectivity index (χ4n) is 3.83. The molecule has 1 aromatic heterocycles. The fraction of sp³-hybridized carbons (Fsp3) is 0.273. The van der Waals surface area contributed by atoms with Crippen LogP contribution < -0.4 is 5.32 Å².